The minimum atomic E-state index is -0.552. The van der Waals surface area contributed by atoms with Gasteiger partial charge in [-0.05, 0) is 31.2 Å². The van der Waals surface area contributed by atoms with E-state index in [-0.39, 0.29) is 23.9 Å². The van der Waals surface area contributed by atoms with Gasteiger partial charge in [0.15, 0.2) is 5.78 Å². The number of nitrogens with zero attached hydrogens (tertiary/aromatic N) is 1. The van der Waals surface area contributed by atoms with Crippen LogP contribution in [0.2, 0.25) is 0 Å². The maximum absolute atomic E-state index is 14.0. The van der Waals surface area contributed by atoms with Crippen molar-refractivity contribution in [2.45, 2.75) is 6.92 Å². The Bertz CT molecular complexity index is 807. The van der Waals surface area contributed by atoms with Gasteiger partial charge in [-0.3, -0.25) is 9.59 Å². The van der Waals surface area contributed by atoms with Gasteiger partial charge in [0, 0.05) is 18.7 Å². The molecule has 5 nitrogen and oxygen atoms in total. The Kier molecular flexibility index (Phi) is 4.97. The second-order valence-electron chi connectivity index (χ2n) is 5.66. The number of halogens is 1. The Morgan fingerprint density at radius 2 is 1.92 bits per heavy atom. The van der Waals surface area contributed by atoms with E-state index in [0.29, 0.717) is 30.9 Å². The monoisotopic (exact) mass is 342 g/mol. The van der Waals surface area contributed by atoms with E-state index in [9.17, 15) is 14.0 Å². The van der Waals surface area contributed by atoms with Crippen LogP contribution in [-0.4, -0.2) is 38.0 Å². The number of ketones is 1. The van der Waals surface area contributed by atoms with E-state index in [2.05, 4.69) is 5.32 Å². The minimum Gasteiger partial charge on any atom is -0.465 e. The Hall–Kier alpha value is -2.89. The van der Waals surface area contributed by atoms with Gasteiger partial charge in [-0.25, -0.2) is 4.39 Å². The molecule has 1 aliphatic heterocycles. The van der Waals surface area contributed by atoms with Crippen LogP contribution >= 0.6 is 0 Å². The lowest BCUT2D eigenvalue weighted by atomic mass is 9.99. The zero-order valence-corrected chi connectivity index (χ0v) is 13.9. The first-order valence-electron chi connectivity index (χ1n) is 8.18. The van der Waals surface area contributed by atoms with Gasteiger partial charge in [0.25, 0.3) is 0 Å². The molecule has 0 radical (unpaired) electrons. The first kappa shape index (κ1) is 17.0. The predicted molar refractivity (Wildman–Crippen MR) is 93.6 cm³/mol. The highest BCUT2D eigenvalue weighted by molar-refractivity contribution is 6.14. The third-order valence-corrected chi connectivity index (χ3v) is 4.06. The van der Waals surface area contributed by atoms with Crippen LogP contribution in [0, 0.1) is 5.82 Å². The lowest BCUT2D eigenvalue weighted by Gasteiger charge is -2.32. The zero-order chi connectivity index (χ0) is 17.8. The van der Waals surface area contributed by atoms with E-state index in [4.69, 9.17) is 4.74 Å². The first-order valence-corrected chi connectivity index (χ1v) is 8.18. The second kappa shape index (κ2) is 7.34. The molecule has 1 aliphatic rings. The van der Waals surface area contributed by atoms with Crippen LogP contribution in [0.4, 0.5) is 15.8 Å². The van der Waals surface area contributed by atoms with Crippen LogP contribution in [0.3, 0.4) is 0 Å². The van der Waals surface area contributed by atoms with Gasteiger partial charge < -0.3 is 15.0 Å². The molecule has 0 saturated carbocycles. The normalized spacial score (nSPS) is 13.0. The quantitative estimate of drug-likeness (QED) is 0.669. The topological polar surface area (TPSA) is 58.6 Å². The summed E-state index contributed by atoms with van der Waals surface area (Å²) in [6, 6.07) is 11.1. The highest BCUT2D eigenvalue weighted by Gasteiger charge is 2.25. The molecule has 0 aromatic heterocycles. The van der Waals surface area contributed by atoms with Crippen LogP contribution in [0.5, 0.6) is 0 Å². The maximum Gasteiger partial charge on any atom is 0.325 e. The molecule has 0 saturated heterocycles. The molecule has 0 atom stereocenters. The van der Waals surface area contributed by atoms with E-state index in [0.717, 1.165) is 5.69 Å². The lowest BCUT2D eigenvalue weighted by Crippen LogP contribution is -2.38. The van der Waals surface area contributed by atoms with Gasteiger partial charge >= 0.3 is 5.97 Å². The summed E-state index contributed by atoms with van der Waals surface area (Å²) in [5, 5.41) is 3.20. The van der Waals surface area contributed by atoms with Crippen molar-refractivity contribution in [2.24, 2.45) is 0 Å². The molecule has 0 unspecified atom stereocenters. The van der Waals surface area contributed by atoms with Gasteiger partial charge in [-0.1, -0.05) is 18.2 Å². The predicted octanol–water partition coefficient (Wildman–Crippen LogP) is 2.85. The number of benzene rings is 2. The van der Waals surface area contributed by atoms with Crippen LogP contribution in [-0.2, 0) is 9.53 Å². The number of fused-ring (bicyclic) bond motifs is 1. The molecule has 0 aliphatic carbocycles. The standard InChI is InChI=1S/C19H19FN2O3/c1-2-25-17(23)12-22-11-10-21-18-14(7-5-9-16(18)22)19(24)13-6-3-4-8-15(13)20/h3-9,21H,2,10-12H2,1H3. The van der Waals surface area contributed by atoms with E-state index in [1.54, 1.807) is 31.2 Å². The zero-order valence-electron chi connectivity index (χ0n) is 13.9. The average Bonchev–Trinajstić information content (AvgIpc) is 2.61. The number of para-hydroxylation sites is 1. The summed E-state index contributed by atoms with van der Waals surface area (Å²) in [5.74, 6) is -1.26. The number of ether oxygens (including phenoxy) is 1. The fourth-order valence-electron chi connectivity index (χ4n) is 2.93. The minimum absolute atomic E-state index is 0.0280. The molecule has 3 rings (SSSR count). The number of anilines is 2. The van der Waals surface area contributed by atoms with Crippen LogP contribution in [0.15, 0.2) is 42.5 Å². The van der Waals surface area contributed by atoms with Crippen molar-refractivity contribution in [3.63, 3.8) is 0 Å². The van der Waals surface area contributed by atoms with Gasteiger partial charge in [0.1, 0.15) is 12.4 Å². The third-order valence-electron chi connectivity index (χ3n) is 4.06. The summed E-state index contributed by atoms with van der Waals surface area (Å²) >= 11 is 0. The molecule has 2 aromatic rings. The number of carbonyl (C=O) groups is 2. The van der Waals surface area contributed by atoms with Crippen LogP contribution in [0.1, 0.15) is 22.8 Å². The molecule has 1 heterocycles. The highest BCUT2D eigenvalue weighted by Crippen LogP contribution is 2.33. The van der Waals surface area contributed by atoms with Crippen molar-refractivity contribution in [3.05, 3.63) is 59.4 Å². The summed E-state index contributed by atoms with van der Waals surface area (Å²) in [6.45, 7) is 3.38. The number of rotatable bonds is 5. The molecule has 0 fully saturated rings. The van der Waals surface area contributed by atoms with Crippen molar-refractivity contribution >= 4 is 23.1 Å². The highest BCUT2D eigenvalue weighted by atomic mass is 19.1. The van der Waals surface area contributed by atoms with Crippen molar-refractivity contribution in [2.75, 3.05) is 36.5 Å². The van der Waals surface area contributed by atoms with Gasteiger partial charge in [0.05, 0.1) is 23.5 Å². The molecule has 2 aromatic carbocycles. The molecule has 25 heavy (non-hydrogen) atoms. The van der Waals surface area contributed by atoms with E-state index >= 15 is 0 Å². The number of nitrogens with one attached hydrogen (secondary N) is 1. The van der Waals surface area contributed by atoms with Crippen LogP contribution < -0.4 is 10.2 Å². The van der Waals surface area contributed by atoms with Gasteiger partial charge in [-0.15, -0.1) is 0 Å². The number of carbonyl (C=O) groups excluding carboxylic acids is 2. The first-order chi connectivity index (χ1) is 12.1. The number of esters is 1. The third kappa shape index (κ3) is 3.47. The van der Waals surface area contributed by atoms with E-state index in [1.807, 2.05) is 11.0 Å². The van der Waals surface area contributed by atoms with Gasteiger partial charge in [0.2, 0.25) is 0 Å². The van der Waals surface area contributed by atoms with E-state index in [1.165, 1.54) is 12.1 Å². The summed E-state index contributed by atoms with van der Waals surface area (Å²) < 4.78 is 19.0. The molecular weight excluding hydrogens is 323 g/mol. The molecule has 0 amide bonds. The number of hydrogen-bond acceptors (Lipinski definition) is 5. The van der Waals surface area contributed by atoms with Crippen molar-refractivity contribution in [3.8, 4) is 0 Å². The molecule has 0 spiro atoms. The molecule has 0 bridgehead atoms. The van der Waals surface area contributed by atoms with E-state index < -0.39 is 5.82 Å². The lowest BCUT2D eigenvalue weighted by molar-refractivity contribution is -0.141. The smallest absolute Gasteiger partial charge is 0.325 e. The Morgan fingerprint density at radius 3 is 2.68 bits per heavy atom. The average molecular weight is 342 g/mol. The van der Waals surface area contributed by atoms with Crippen molar-refractivity contribution in [1.82, 2.24) is 0 Å². The Balaban J connectivity index is 1.95. The van der Waals surface area contributed by atoms with Gasteiger partial charge in [-0.2, -0.15) is 0 Å². The fraction of sp³-hybridized carbons (Fsp3) is 0.263. The fourth-order valence-corrected chi connectivity index (χ4v) is 2.93. The van der Waals surface area contributed by atoms with Crippen molar-refractivity contribution in [1.29, 1.82) is 0 Å². The summed E-state index contributed by atoms with van der Waals surface area (Å²) in [6.07, 6.45) is 0. The molecule has 1 N–H and O–H groups in total. The molecule has 6 heteroatoms. The SMILES string of the molecule is CCOC(=O)CN1CCNc2c(C(=O)c3ccccc3F)cccc21. The summed E-state index contributed by atoms with van der Waals surface area (Å²) in [5.41, 5.74) is 1.77. The molecule has 130 valence electrons. The Labute approximate surface area is 145 Å². The molecular formula is C19H19FN2O3. The Morgan fingerprint density at radius 1 is 1.16 bits per heavy atom. The summed E-state index contributed by atoms with van der Waals surface area (Å²) in [4.78, 5) is 26.4. The maximum atomic E-state index is 14.0. The van der Waals surface area contributed by atoms with Crippen LogP contribution in [0.25, 0.3) is 0 Å². The second-order valence-corrected chi connectivity index (χ2v) is 5.66. The number of hydrogen-bond donors (Lipinski definition) is 1. The summed E-state index contributed by atoms with van der Waals surface area (Å²) in [7, 11) is 0. The van der Waals surface area contributed by atoms with Crippen molar-refractivity contribution < 1.29 is 18.7 Å². The largest absolute Gasteiger partial charge is 0.465 e.